The number of rotatable bonds is 6. The van der Waals surface area contributed by atoms with Crippen molar-refractivity contribution in [1.82, 2.24) is 10.2 Å². The molecule has 1 aliphatic carbocycles. The second kappa shape index (κ2) is 9.93. The van der Waals surface area contributed by atoms with Gasteiger partial charge in [-0.25, -0.2) is 0 Å². The molecule has 0 aromatic heterocycles. The van der Waals surface area contributed by atoms with E-state index >= 15 is 0 Å². The van der Waals surface area contributed by atoms with Crippen molar-refractivity contribution in [2.24, 2.45) is 5.92 Å². The van der Waals surface area contributed by atoms with E-state index in [0.717, 1.165) is 24.8 Å². The van der Waals surface area contributed by atoms with Gasteiger partial charge < -0.3 is 10.4 Å². The minimum Gasteiger partial charge on any atom is -0.480 e. The summed E-state index contributed by atoms with van der Waals surface area (Å²) in [5, 5.41) is 12.5. The van der Waals surface area contributed by atoms with Crippen molar-refractivity contribution in [3.8, 4) is 0 Å². The number of carboxylic acids is 1. The van der Waals surface area contributed by atoms with E-state index in [-0.39, 0.29) is 30.9 Å². The summed E-state index contributed by atoms with van der Waals surface area (Å²) in [6, 6.07) is 9.68. The molecule has 5 nitrogen and oxygen atoms in total. The first-order chi connectivity index (χ1) is 12.1. The van der Waals surface area contributed by atoms with Crippen LogP contribution in [0.1, 0.15) is 56.6 Å². The molecule has 0 bridgehead atoms. The molecule has 1 saturated heterocycles. The largest absolute Gasteiger partial charge is 0.480 e. The van der Waals surface area contributed by atoms with Crippen LogP contribution in [-0.4, -0.2) is 41.0 Å². The number of halogens is 1. The van der Waals surface area contributed by atoms with Crippen LogP contribution in [0.15, 0.2) is 30.3 Å². The van der Waals surface area contributed by atoms with Crippen LogP contribution in [0.25, 0.3) is 0 Å². The van der Waals surface area contributed by atoms with Crippen molar-refractivity contribution in [3.63, 3.8) is 0 Å². The lowest BCUT2D eigenvalue weighted by Crippen LogP contribution is -2.45. The average molecular weight is 381 g/mol. The van der Waals surface area contributed by atoms with Crippen LogP contribution in [-0.2, 0) is 9.59 Å². The Morgan fingerprint density at radius 2 is 1.77 bits per heavy atom. The number of hydrogen-bond acceptors (Lipinski definition) is 3. The molecule has 1 saturated carbocycles. The number of nitrogens with zero attached hydrogens (tertiary/aromatic N) is 1. The Bertz CT molecular complexity index is 590. The van der Waals surface area contributed by atoms with E-state index in [1.807, 2.05) is 18.2 Å². The van der Waals surface area contributed by atoms with E-state index < -0.39 is 12.0 Å². The number of carbonyl (C=O) groups is 2. The maximum atomic E-state index is 12.6. The Morgan fingerprint density at radius 1 is 1.08 bits per heavy atom. The van der Waals surface area contributed by atoms with Crippen LogP contribution in [0.5, 0.6) is 0 Å². The van der Waals surface area contributed by atoms with Crippen molar-refractivity contribution in [2.75, 3.05) is 13.1 Å². The summed E-state index contributed by atoms with van der Waals surface area (Å²) in [7, 11) is 0. The molecule has 2 aliphatic rings. The third-order valence-electron chi connectivity index (χ3n) is 5.59. The molecule has 144 valence electrons. The number of hydrogen-bond donors (Lipinski definition) is 2. The Labute approximate surface area is 161 Å². The van der Waals surface area contributed by atoms with Gasteiger partial charge in [0.2, 0.25) is 5.91 Å². The molecule has 2 fully saturated rings. The zero-order chi connectivity index (χ0) is 17.6. The van der Waals surface area contributed by atoms with E-state index in [0.29, 0.717) is 18.9 Å². The maximum absolute atomic E-state index is 12.6. The number of aliphatic carboxylic acids is 1. The van der Waals surface area contributed by atoms with Gasteiger partial charge in [-0.15, -0.1) is 12.4 Å². The van der Waals surface area contributed by atoms with Gasteiger partial charge in [-0.1, -0.05) is 49.6 Å². The van der Waals surface area contributed by atoms with E-state index in [2.05, 4.69) is 17.4 Å². The Kier molecular flexibility index (Phi) is 7.91. The molecule has 2 N–H and O–H groups in total. The highest BCUT2D eigenvalue weighted by molar-refractivity contribution is 5.85. The van der Waals surface area contributed by atoms with Gasteiger partial charge in [0.25, 0.3) is 0 Å². The standard InChI is InChI=1S/C20H28N2O3.ClH/c23-18(14-22-13-7-12-17(22)20(24)25)21-19(15-8-3-1-4-9-15)16-10-5-2-6-11-16;/h1,3-4,8-9,16-17,19H,2,5-7,10-14H2,(H,21,23)(H,24,25);1H. The van der Waals surface area contributed by atoms with Gasteiger partial charge in [0, 0.05) is 0 Å². The molecule has 0 radical (unpaired) electrons. The van der Waals surface area contributed by atoms with Crippen LogP contribution in [0, 0.1) is 5.92 Å². The van der Waals surface area contributed by atoms with E-state index in [1.54, 1.807) is 4.90 Å². The predicted octanol–water partition coefficient (Wildman–Crippen LogP) is 3.40. The van der Waals surface area contributed by atoms with Crippen molar-refractivity contribution in [3.05, 3.63) is 35.9 Å². The number of benzene rings is 1. The zero-order valence-corrected chi connectivity index (χ0v) is 15.9. The first-order valence-electron chi connectivity index (χ1n) is 9.46. The molecular formula is C20H29ClN2O3. The van der Waals surface area contributed by atoms with Gasteiger partial charge in [-0.2, -0.15) is 0 Å². The molecule has 2 atom stereocenters. The minimum absolute atomic E-state index is 0. The molecule has 1 heterocycles. The van der Waals surface area contributed by atoms with Crippen molar-refractivity contribution in [2.45, 2.75) is 57.0 Å². The molecule has 3 rings (SSSR count). The number of carbonyl (C=O) groups excluding carboxylic acids is 1. The van der Waals surface area contributed by atoms with Crippen LogP contribution in [0.2, 0.25) is 0 Å². The summed E-state index contributed by atoms with van der Waals surface area (Å²) in [6.45, 7) is 0.858. The number of amides is 1. The summed E-state index contributed by atoms with van der Waals surface area (Å²) in [6.07, 6.45) is 7.47. The fourth-order valence-corrected chi connectivity index (χ4v) is 4.30. The first-order valence-corrected chi connectivity index (χ1v) is 9.46. The molecule has 6 heteroatoms. The van der Waals surface area contributed by atoms with Gasteiger partial charge in [-0.3, -0.25) is 14.5 Å². The predicted molar refractivity (Wildman–Crippen MR) is 103 cm³/mol. The van der Waals surface area contributed by atoms with Crippen LogP contribution < -0.4 is 5.32 Å². The molecule has 26 heavy (non-hydrogen) atoms. The monoisotopic (exact) mass is 380 g/mol. The maximum Gasteiger partial charge on any atom is 0.320 e. The summed E-state index contributed by atoms with van der Waals surface area (Å²) in [5.74, 6) is -0.418. The molecule has 2 unspecified atom stereocenters. The smallest absolute Gasteiger partial charge is 0.320 e. The van der Waals surface area contributed by atoms with Gasteiger partial charge in [0.05, 0.1) is 12.6 Å². The normalized spacial score (nSPS) is 22.4. The highest BCUT2D eigenvalue weighted by Crippen LogP contribution is 2.34. The van der Waals surface area contributed by atoms with Crippen molar-refractivity contribution >= 4 is 24.3 Å². The SMILES string of the molecule is Cl.O=C(CN1CCCC1C(=O)O)NC(c1ccccc1)C1CCCCC1. The molecule has 0 spiro atoms. The summed E-state index contributed by atoms with van der Waals surface area (Å²) < 4.78 is 0. The topological polar surface area (TPSA) is 69.6 Å². The second-order valence-corrected chi connectivity index (χ2v) is 7.32. The number of likely N-dealkylation sites (tertiary alicyclic amines) is 1. The highest BCUT2D eigenvalue weighted by Gasteiger charge is 2.33. The van der Waals surface area contributed by atoms with E-state index in [4.69, 9.17) is 0 Å². The lowest BCUT2D eigenvalue weighted by atomic mass is 9.81. The van der Waals surface area contributed by atoms with Crippen LogP contribution >= 0.6 is 12.4 Å². The fraction of sp³-hybridized carbons (Fsp3) is 0.600. The third kappa shape index (κ3) is 5.21. The van der Waals surface area contributed by atoms with E-state index in [1.165, 1.54) is 19.3 Å². The second-order valence-electron chi connectivity index (χ2n) is 7.32. The zero-order valence-electron chi connectivity index (χ0n) is 15.1. The average Bonchev–Trinajstić information content (AvgIpc) is 3.09. The van der Waals surface area contributed by atoms with Crippen molar-refractivity contribution < 1.29 is 14.7 Å². The quantitative estimate of drug-likeness (QED) is 0.793. The fourth-order valence-electron chi connectivity index (χ4n) is 4.30. The number of carboxylic acid groups (broad SMARTS) is 1. The summed E-state index contributed by atoms with van der Waals surface area (Å²) in [4.78, 5) is 25.8. The van der Waals surface area contributed by atoms with Crippen LogP contribution in [0.3, 0.4) is 0 Å². The molecule has 1 aromatic rings. The lowest BCUT2D eigenvalue weighted by molar-refractivity contribution is -0.142. The molecular weight excluding hydrogens is 352 g/mol. The number of nitrogens with one attached hydrogen (secondary N) is 1. The highest BCUT2D eigenvalue weighted by atomic mass is 35.5. The van der Waals surface area contributed by atoms with Gasteiger partial charge in [-0.05, 0) is 43.7 Å². The van der Waals surface area contributed by atoms with Gasteiger partial charge >= 0.3 is 5.97 Å². The first kappa shape index (κ1) is 20.7. The van der Waals surface area contributed by atoms with Gasteiger partial charge in [0.1, 0.15) is 6.04 Å². The lowest BCUT2D eigenvalue weighted by Gasteiger charge is -2.32. The molecule has 1 aromatic carbocycles. The summed E-state index contributed by atoms with van der Waals surface area (Å²) in [5.41, 5.74) is 1.15. The Balaban J connectivity index is 0.00000243. The molecule has 1 amide bonds. The van der Waals surface area contributed by atoms with E-state index in [9.17, 15) is 14.7 Å². The Hall–Kier alpha value is -1.59. The molecule has 1 aliphatic heterocycles. The Morgan fingerprint density at radius 3 is 2.42 bits per heavy atom. The third-order valence-corrected chi connectivity index (χ3v) is 5.59. The van der Waals surface area contributed by atoms with Crippen LogP contribution in [0.4, 0.5) is 0 Å². The van der Waals surface area contributed by atoms with Gasteiger partial charge in [0.15, 0.2) is 0 Å². The summed E-state index contributed by atoms with van der Waals surface area (Å²) >= 11 is 0. The van der Waals surface area contributed by atoms with Crippen molar-refractivity contribution in [1.29, 1.82) is 0 Å². The minimum atomic E-state index is -0.822.